The van der Waals surface area contributed by atoms with E-state index in [1.54, 1.807) is 24.8 Å². The fourth-order valence-corrected chi connectivity index (χ4v) is 6.65. The number of carbonyl (C=O) groups is 1. The van der Waals surface area contributed by atoms with Gasteiger partial charge in [-0.15, -0.1) is 0 Å². The molecular formula is C38H43LiN6O3-2. The van der Waals surface area contributed by atoms with Gasteiger partial charge in [-0.1, -0.05) is 0 Å². The zero-order chi connectivity index (χ0) is 30.9. The van der Waals surface area contributed by atoms with E-state index in [4.69, 9.17) is 9.47 Å². The van der Waals surface area contributed by atoms with E-state index in [1.165, 1.54) is 0 Å². The summed E-state index contributed by atoms with van der Waals surface area (Å²) in [5.74, 6) is 4.08. The van der Waals surface area contributed by atoms with Gasteiger partial charge in [-0.25, -0.2) is 28.0 Å². The molecule has 2 bridgehead atoms. The second kappa shape index (κ2) is 15.6. The first-order chi connectivity index (χ1) is 21.9. The maximum atomic E-state index is 12.1. The number of allylic oxidation sites excluding steroid dienone is 2. The summed E-state index contributed by atoms with van der Waals surface area (Å²) in [5.41, 5.74) is 5.76. The minimum Gasteiger partial charge on any atom is -0.491 e. The van der Waals surface area contributed by atoms with E-state index in [1.807, 2.05) is 54.9 Å². The van der Waals surface area contributed by atoms with Gasteiger partial charge in [-0.05, 0) is 80.5 Å². The van der Waals surface area contributed by atoms with Gasteiger partial charge < -0.3 is 43.9 Å². The number of carbonyl (C=O) groups excluding carboxylic acids is 1. The van der Waals surface area contributed by atoms with Crippen LogP contribution >= 0.6 is 0 Å². The minimum absolute atomic E-state index is 0. The van der Waals surface area contributed by atoms with Crippen LogP contribution in [-0.4, -0.2) is 45.0 Å². The van der Waals surface area contributed by atoms with Crippen molar-refractivity contribution in [3.05, 3.63) is 101 Å². The van der Waals surface area contributed by atoms with Crippen LogP contribution in [0.15, 0.2) is 73.3 Å². The molecule has 246 valence electrons. The van der Waals surface area contributed by atoms with Crippen molar-refractivity contribution < 1.29 is 33.1 Å². The number of imidazole rings is 1. The van der Waals surface area contributed by atoms with Gasteiger partial charge in [0, 0.05) is 49.3 Å². The number of anilines is 3. The molecule has 9 nitrogen and oxygen atoms in total. The van der Waals surface area contributed by atoms with Crippen molar-refractivity contribution in [3.8, 4) is 17.2 Å². The number of rotatable bonds is 8. The Morgan fingerprint density at radius 3 is 2.77 bits per heavy atom. The van der Waals surface area contributed by atoms with Crippen LogP contribution in [0.25, 0.3) is 21.9 Å². The quantitative estimate of drug-likeness (QED) is 0.140. The normalized spacial score (nSPS) is 16.8. The van der Waals surface area contributed by atoms with Crippen LogP contribution < -0.4 is 38.6 Å². The largest absolute Gasteiger partial charge is 1.00 e. The predicted octanol–water partition coefficient (Wildman–Crippen LogP) is 5.23. The van der Waals surface area contributed by atoms with E-state index in [0.29, 0.717) is 24.9 Å². The van der Waals surface area contributed by atoms with Crippen molar-refractivity contribution in [3.63, 3.8) is 0 Å². The summed E-state index contributed by atoms with van der Waals surface area (Å²) >= 11 is 0. The van der Waals surface area contributed by atoms with Gasteiger partial charge in [0.2, 0.25) is 0 Å². The Morgan fingerprint density at radius 1 is 1.10 bits per heavy atom. The van der Waals surface area contributed by atoms with Gasteiger partial charge >= 0.3 is 18.9 Å². The molecule has 0 radical (unpaired) electrons. The smallest absolute Gasteiger partial charge is 0.491 e. The van der Waals surface area contributed by atoms with Crippen LogP contribution in [0.2, 0.25) is 0 Å². The molecule has 10 heteroatoms. The number of ketones is 1. The maximum Gasteiger partial charge on any atom is 1.00 e. The van der Waals surface area contributed by atoms with Gasteiger partial charge in [-0.2, -0.15) is 6.08 Å². The summed E-state index contributed by atoms with van der Waals surface area (Å²) < 4.78 is 14.6. The monoisotopic (exact) mass is 638 g/mol. The van der Waals surface area contributed by atoms with Crippen molar-refractivity contribution in [2.45, 2.75) is 32.6 Å². The molecule has 1 saturated heterocycles. The van der Waals surface area contributed by atoms with Crippen LogP contribution in [0.4, 0.5) is 17.2 Å². The number of hydrogen-bond donors (Lipinski definition) is 1. The molecular weight excluding hydrogens is 595 g/mol. The fourth-order valence-electron chi connectivity index (χ4n) is 6.65. The molecule has 0 saturated carbocycles. The Kier molecular flexibility index (Phi) is 11.8. The summed E-state index contributed by atoms with van der Waals surface area (Å²) in [6.45, 7) is 8.18. The van der Waals surface area contributed by atoms with E-state index in [-0.39, 0.29) is 39.5 Å². The molecule has 2 atom stereocenters. The molecule has 1 unspecified atom stereocenters. The molecule has 0 spiro atoms. The van der Waals surface area contributed by atoms with Gasteiger partial charge in [0.25, 0.3) is 0 Å². The number of fused-ring (bicyclic) bond motifs is 6. The van der Waals surface area contributed by atoms with E-state index < -0.39 is 0 Å². The van der Waals surface area contributed by atoms with E-state index in [0.717, 1.165) is 94.3 Å². The van der Waals surface area contributed by atoms with Gasteiger partial charge in [-0.3, -0.25) is 0 Å². The molecule has 2 aromatic heterocycles. The topological polar surface area (TPSA) is 94.4 Å². The number of nitrogens with zero attached hydrogens (tertiary/aromatic N) is 5. The number of aromatic nitrogens is 4. The SMILES string of the molecule is [CH2-]/C=C/C(=O)CCC1CCCN2C[C@H]1COc1cc3ncnc(Nc4ccc(Oc5ccc6c(c5)ncn6C)c(C)c4)c3cc12.[CH3-].[CH3-].[Li+]. The van der Waals surface area contributed by atoms with Crippen molar-refractivity contribution >= 4 is 44.9 Å². The Morgan fingerprint density at radius 2 is 1.96 bits per heavy atom. The van der Waals surface area contributed by atoms with Gasteiger partial charge in [0.15, 0.2) is 0 Å². The first-order valence-electron chi connectivity index (χ1n) is 15.6. The molecule has 1 fully saturated rings. The van der Waals surface area contributed by atoms with E-state index in [2.05, 4.69) is 44.2 Å². The number of hydrogen-bond acceptors (Lipinski definition) is 8. The molecule has 2 aliphatic heterocycles. The summed E-state index contributed by atoms with van der Waals surface area (Å²) in [6, 6.07) is 16.2. The first kappa shape index (κ1) is 36.4. The third-order valence-corrected chi connectivity index (χ3v) is 9.06. The summed E-state index contributed by atoms with van der Waals surface area (Å²) in [7, 11) is 1.98. The van der Waals surface area contributed by atoms with Gasteiger partial charge in [0.05, 0.1) is 41.0 Å². The first-order valence-corrected chi connectivity index (χ1v) is 15.6. The Balaban J connectivity index is 0.00000173. The third-order valence-electron chi connectivity index (χ3n) is 9.06. The van der Waals surface area contributed by atoms with Crippen LogP contribution in [0.3, 0.4) is 0 Å². The second-order valence-electron chi connectivity index (χ2n) is 12.1. The minimum atomic E-state index is 0. The van der Waals surface area contributed by atoms with Crippen LogP contribution in [-0.2, 0) is 11.8 Å². The molecule has 3 aromatic carbocycles. The third kappa shape index (κ3) is 7.48. The van der Waals surface area contributed by atoms with Crippen molar-refractivity contribution in [1.82, 2.24) is 19.5 Å². The van der Waals surface area contributed by atoms with Crippen molar-refractivity contribution in [2.24, 2.45) is 18.9 Å². The van der Waals surface area contributed by atoms with E-state index >= 15 is 0 Å². The molecule has 0 amide bonds. The van der Waals surface area contributed by atoms with Crippen molar-refractivity contribution in [2.75, 3.05) is 29.9 Å². The fraction of sp³-hybridized carbons (Fsp3) is 0.289. The average molecular weight is 639 g/mol. The number of aryl methyl sites for hydroxylation is 2. The Labute approximate surface area is 295 Å². The van der Waals surface area contributed by atoms with E-state index in [9.17, 15) is 4.79 Å². The molecule has 1 N–H and O–H groups in total. The van der Waals surface area contributed by atoms with Gasteiger partial charge in [0.1, 0.15) is 29.4 Å². The number of nitrogens with one attached hydrogen (secondary N) is 1. The summed E-state index contributed by atoms with van der Waals surface area (Å²) in [6.07, 6.45) is 10.2. The maximum absolute atomic E-state index is 12.1. The molecule has 48 heavy (non-hydrogen) atoms. The zero-order valence-electron chi connectivity index (χ0n) is 28.7. The van der Waals surface area contributed by atoms with Crippen LogP contribution in [0.5, 0.6) is 17.2 Å². The molecule has 5 aromatic rings. The standard InChI is InChI=1S/C36H37N6O3.2CH3.Li/c1-4-6-27(43)10-8-24-7-5-14-42-19-25(24)20-44-35-18-30-29(17-33(35)42)36(38-21-37-30)40-26-9-13-34(23(2)15-26)45-28-11-12-32-31(16-28)39-22-41(32)3;;;/h4,6,9,11-13,15-18,21-22,24-25H,1,5,7-8,10,14,19-20H2,2-3H3,(H,37,38,40);2*1H3;/q3*-1;+1/b6-4+;;;/t24?,25-;;;/m0.../s1. The van der Waals surface area contributed by atoms with Crippen LogP contribution in [0.1, 0.15) is 31.2 Å². The van der Waals surface area contributed by atoms with Crippen molar-refractivity contribution in [1.29, 1.82) is 0 Å². The Hall–Kier alpha value is -4.45. The zero-order valence-corrected chi connectivity index (χ0v) is 28.7. The molecule has 2 aliphatic rings. The molecule has 0 aliphatic carbocycles. The predicted molar refractivity (Wildman–Crippen MR) is 190 cm³/mol. The van der Waals surface area contributed by atoms with Crippen LogP contribution in [0, 0.1) is 40.5 Å². The summed E-state index contributed by atoms with van der Waals surface area (Å²) in [4.78, 5) is 28.2. The summed E-state index contributed by atoms with van der Waals surface area (Å²) in [5, 5.41) is 4.46. The molecule has 4 heterocycles. The number of ether oxygens (including phenoxy) is 2. The molecule has 7 rings (SSSR count). The number of benzene rings is 3. The average Bonchev–Trinajstić information content (AvgIpc) is 3.18. The second-order valence-corrected chi connectivity index (χ2v) is 12.1. The Bertz CT molecular complexity index is 1920.